The Bertz CT molecular complexity index is 6970. The molecule has 6 aromatic heterocycles. The first-order valence-corrected chi connectivity index (χ1v) is 45.2. The molecule has 700 valence electrons. The van der Waals surface area contributed by atoms with E-state index < -0.39 is 17.7 Å². The Morgan fingerprint density at radius 1 is 0.324 bits per heavy atom. The number of primary amides is 1. The summed E-state index contributed by atoms with van der Waals surface area (Å²) in [5.41, 5.74) is 18.7. The number of carbonyl (C=O) groups excluding carboxylic acids is 9. The van der Waals surface area contributed by atoms with Gasteiger partial charge in [0.15, 0.2) is 0 Å². The van der Waals surface area contributed by atoms with E-state index in [1.54, 1.807) is 185 Å². The number of rotatable bonds is 24. The zero-order valence-electron chi connectivity index (χ0n) is 73.4. The van der Waals surface area contributed by atoms with Gasteiger partial charge >= 0.3 is 0 Å². The van der Waals surface area contributed by atoms with E-state index in [0.29, 0.717) is 127 Å². The predicted molar refractivity (Wildman–Crippen MR) is 547 cm³/mol. The summed E-state index contributed by atoms with van der Waals surface area (Å²) in [5.74, 6) is -3.25. The van der Waals surface area contributed by atoms with Crippen LogP contribution in [0.25, 0.3) is 62.0 Å². The quantitative estimate of drug-likeness (QED) is 0.0271. The van der Waals surface area contributed by atoms with Gasteiger partial charge in [0, 0.05) is 142 Å². The van der Waals surface area contributed by atoms with Crippen LogP contribution in [-0.2, 0) is 0 Å². The molecule has 0 aliphatic carbocycles. The number of aliphatic hydroxyl groups is 1. The van der Waals surface area contributed by atoms with Crippen molar-refractivity contribution in [1.82, 2.24) is 60.7 Å². The first-order chi connectivity index (χ1) is 67.0. The minimum atomic E-state index is -0.614. The molecule has 6 heterocycles. The van der Waals surface area contributed by atoms with Gasteiger partial charge in [-0.25, -0.2) is 4.68 Å². The number of nitrogens with one attached hydrogen (secondary N) is 7. The Morgan fingerprint density at radius 3 is 0.885 bits per heavy atom. The number of benzene rings is 10. The number of aromatic nitrogens is 9. The number of nitrogens with zero attached hydrogens (tertiary/aromatic N) is 10. The second-order valence-electron chi connectivity index (χ2n) is 29.7. The van der Waals surface area contributed by atoms with E-state index in [2.05, 4.69) is 77.7 Å². The number of hydrogen-bond acceptors (Lipinski definition) is 18. The monoisotopic (exact) mass is 2030 g/mol. The number of halogens is 9. The van der Waals surface area contributed by atoms with Crippen molar-refractivity contribution in [2.24, 2.45) is 5.73 Å². The van der Waals surface area contributed by atoms with Crippen molar-refractivity contribution < 1.29 is 48.3 Å². The first-order valence-electron chi connectivity index (χ1n) is 41.8. The molecular formula is C102H79Cl9N18O10. The average Bonchev–Trinajstić information content (AvgIpc) is 1.38. The van der Waals surface area contributed by atoms with E-state index in [0.717, 1.165) is 23.4 Å². The maximum absolute atomic E-state index is 12.7. The van der Waals surface area contributed by atoms with Crippen LogP contribution in [0, 0.1) is 0 Å². The zero-order chi connectivity index (χ0) is 99.2. The molecule has 0 aliphatic rings. The van der Waals surface area contributed by atoms with Gasteiger partial charge < -0.3 is 53.0 Å². The summed E-state index contributed by atoms with van der Waals surface area (Å²) >= 11 is 56.1. The Labute approximate surface area is 841 Å². The Morgan fingerprint density at radius 2 is 0.612 bits per heavy atom. The number of carbonyl (C=O) groups is 9. The number of amides is 9. The molecule has 0 saturated heterocycles. The standard InChI is InChI=1S/C22H19Cl2N3O2.C21H17Cl2N3O3.C21H17Cl2N3O2.C19H13Cl2N3O2.C19H13ClN6O/c1-2-10-26-21(28)14-6-8-16(19(24)12-14)22(29)27-15-7-9-18(23)17(13-15)20-5-3-4-11-25-20;22-17-7-5-14(12-16(17)19-3-1-2-8-24-19)26-21(29)15-6-4-13(11-18(15)23)20(28)25-9-10-27;1-26(2)21(28)13-6-8-15(18(23)11-13)20(27)25-14-7-9-17(22)16(12-14)19-5-3-4-10-24-19;20-15-7-5-12(10-14(15)17-3-1-2-8-23-17)24-19(26)13-6-4-11(18(22)25)9-16(13)21;20-17-9-6-14(11-16(17)18-3-1-2-10-21-18)23-19(27)13-4-7-15(8-5-13)26-12-22-24-25-26/h3-9,11-13H,2,10H2,1H3,(H,26,28)(H,27,29);1-8,11-12,27H,9-10H2,(H,25,28)(H,26,29);3-12H,1-2H3,(H,25,27);1-10H,(H2,22,25)(H,24,26);1-12H,(H,23,27). The normalized spacial score (nSPS) is 10.5. The van der Waals surface area contributed by atoms with Crippen molar-refractivity contribution in [3.63, 3.8) is 0 Å². The van der Waals surface area contributed by atoms with Gasteiger partial charge in [-0.05, 0) is 266 Å². The number of hydrogen-bond donors (Lipinski definition) is 9. The van der Waals surface area contributed by atoms with Gasteiger partial charge in [0.25, 0.3) is 47.3 Å². The third kappa shape index (κ3) is 28.5. The summed E-state index contributed by atoms with van der Waals surface area (Å²) < 4.78 is 1.51. The molecule has 0 aliphatic heterocycles. The highest BCUT2D eigenvalue weighted by atomic mass is 35.5. The number of pyridine rings is 5. The lowest BCUT2D eigenvalue weighted by Gasteiger charge is -2.12. The van der Waals surface area contributed by atoms with E-state index in [4.69, 9.17) is 115 Å². The topological polar surface area (TPSA) is 395 Å². The van der Waals surface area contributed by atoms with Gasteiger partial charge in [0.2, 0.25) is 5.91 Å². The van der Waals surface area contributed by atoms with E-state index in [9.17, 15) is 43.2 Å². The molecule has 37 heteroatoms. The van der Waals surface area contributed by atoms with Crippen LogP contribution in [0.4, 0.5) is 28.4 Å². The number of anilines is 5. The predicted octanol–water partition coefficient (Wildman–Crippen LogP) is 22.5. The van der Waals surface area contributed by atoms with E-state index in [1.807, 2.05) is 85.8 Å². The van der Waals surface area contributed by atoms with Crippen molar-refractivity contribution >= 4 is 186 Å². The highest BCUT2D eigenvalue weighted by molar-refractivity contribution is 6.38. The van der Waals surface area contributed by atoms with Crippen LogP contribution < -0.4 is 43.0 Å². The largest absolute Gasteiger partial charge is 0.395 e. The molecule has 10 N–H and O–H groups in total. The van der Waals surface area contributed by atoms with Crippen molar-refractivity contribution in [1.29, 1.82) is 0 Å². The molecule has 10 aromatic carbocycles. The van der Waals surface area contributed by atoms with E-state index in [-0.39, 0.29) is 96.5 Å². The lowest BCUT2D eigenvalue weighted by Crippen LogP contribution is -2.26. The third-order valence-corrected chi connectivity index (χ3v) is 22.7. The summed E-state index contributed by atoms with van der Waals surface area (Å²) in [5, 5.41) is 42.4. The smallest absolute Gasteiger partial charge is 0.257 e. The van der Waals surface area contributed by atoms with Crippen LogP contribution in [-0.4, -0.2) is 142 Å². The van der Waals surface area contributed by atoms with Crippen LogP contribution in [0.2, 0.25) is 45.2 Å². The zero-order valence-corrected chi connectivity index (χ0v) is 80.2. The summed E-state index contributed by atoms with van der Waals surface area (Å²) in [6.45, 7) is 2.51. The SMILES string of the molecule is CCCNC(=O)c1ccc(C(=O)Nc2ccc(Cl)c(-c3ccccn3)c2)c(Cl)c1.CN(C)C(=O)c1ccc(C(=O)Nc2ccc(Cl)c(-c3ccccn3)c2)c(Cl)c1.NC(=O)c1ccc(C(=O)Nc2ccc(Cl)c(-c3ccccn3)c2)c(Cl)c1.O=C(NCCO)c1ccc(C(=O)Nc2ccc(Cl)c(-c3ccccn3)c2)c(Cl)c1.O=C(Nc1ccc(Cl)c(-c2ccccn2)c1)c1ccc(-n2cnnn2)cc1. The van der Waals surface area contributed by atoms with E-state index in [1.165, 1.54) is 76.6 Å². The lowest BCUT2D eigenvalue weighted by molar-refractivity contribution is 0.0825. The molecule has 0 bridgehead atoms. The molecule has 16 rings (SSSR count). The number of tetrazole rings is 1. The van der Waals surface area contributed by atoms with Crippen LogP contribution in [0.1, 0.15) is 107 Å². The average molecular weight is 2040 g/mol. The Balaban J connectivity index is 0.000000156. The minimum Gasteiger partial charge on any atom is -0.395 e. The molecule has 0 unspecified atom stereocenters. The maximum Gasteiger partial charge on any atom is 0.257 e. The van der Waals surface area contributed by atoms with Crippen molar-refractivity contribution in [2.45, 2.75) is 13.3 Å². The second-order valence-corrected chi connectivity index (χ2v) is 33.4. The summed E-state index contributed by atoms with van der Waals surface area (Å²) in [6, 6.07) is 78.1. The molecule has 28 nitrogen and oxygen atoms in total. The molecule has 0 atom stereocenters. The highest BCUT2D eigenvalue weighted by Gasteiger charge is 2.23. The van der Waals surface area contributed by atoms with Crippen LogP contribution in [0.15, 0.2) is 316 Å². The van der Waals surface area contributed by atoms with Crippen LogP contribution >= 0.6 is 104 Å². The molecule has 139 heavy (non-hydrogen) atoms. The van der Waals surface area contributed by atoms with Gasteiger partial charge in [-0.15, -0.1) is 5.10 Å². The van der Waals surface area contributed by atoms with Crippen molar-refractivity contribution in [3.05, 3.63) is 412 Å². The second kappa shape index (κ2) is 50.1. The van der Waals surface area contributed by atoms with Gasteiger partial charge in [-0.2, -0.15) is 0 Å². The van der Waals surface area contributed by atoms with Crippen LogP contribution in [0.3, 0.4) is 0 Å². The van der Waals surface area contributed by atoms with Crippen molar-refractivity contribution in [3.8, 4) is 62.0 Å². The molecule has 0 fully saturated rings. The third-order valence-electron chi connectivity index (χ3n) is 19.8. The Hall–Kier alpha value is -15.2. The fourth-order valence-corrected chi connectivity index (χ4v) is 15.0. The van der Waals surface area contributed by atoms with Gasteiger partial charge in [-0.1, -0.05) is 142 Å². The summed E-state index contributed by atoms with van der Waals surface area (Å²) in [4.78, 5) is 133. The molecule has 0 radical (unpaired) electrons. The summed E-state index contributed by atoms with van der Waals surface area (Å²) in [7, 11) is 3.30. The molecule has 16 aromatic rings. The fourth-order valence-electron chi connectivity index (χ4n) is 12.9. The van der Waals surface area contributed by atoms with Crippen molar-refractivity contribution in [2.75, 3.05) is 60.4 Å². The molecule has 0 saturated carbocycles. The fraction of sp³-hybridized carbons (Fsp3) is 0.0686. The molecule has 0 spiro atoms. The highest BCUT2D eigenvalue weighted by Crippen LogP contribution is 2.37. The maximum atomic E-state index is 12.7. The first kappa shape index (κ1) is 103. The molecule has 9 amide bonds. The molecular weight excluding hydrogens is 1960 g/mol. The van der Waals surface area contributed by atoms with Crippen LogP contribution in [0.5, 0.6) is 0 Å². The Kier molecular flexibility index (Phi) is 37.0. The van der Waals surface area contributed by atoms with Gasteiger partial charge in [0.1, 0.15) is 6.33 Å². The van der Waals surface area contributed by atoms with Gasteiger partial charge in [0.05, 0.1) is 108 Å². The summed E-state index contributed by atoms with van der Waals surface area (Å²) in [6.07, 6.45) is 10.7. The minimum absolute atomic E-state index is 0.133. The van der Waals surface area contributed by atoms with Gasteiger partial charge in [-0.3, -0.25) is 68.1 Å². The lowest BCUT2D eigenvalue weighted by atomic mass is 10.1. The van der Waals surface area contributed by atoms with E-state index >= 15 is 0 Å². The number of aliphatic hydroxyl groups excluding tert-OH is 1. The number of nitrogens with two attached hydrogens (primary N) is 1.